The maximum absolute atomic E-state index is 14.0. The number of anilines is 2. The summed E-state index contributed by atoms with van der Waals surface area (Å²) in [5.74, 6) is -0.316. The fourth-order valence-corrected chi connectivity index (χ4v) is 4.90. The van der Waals surface area contributed by atoms with Crippen molar-refractivity contribution < 1.29 is 18.0 Å². The molecule has 1 amide bonds. The number of halogens is 3. The van der Waals surface area contributed by atoms with E-state index in [2.05, 4.69) is 9.97 Å². The number of rotatable bonds is 3. The normalized spacial score (nSPS) is 17.6. The van der Waals surface area contributed by atoms with Gasteiger partial charge in [0, 0.05) is 23.6 Å². The molecule has 2 fully saturated rings. The maximum Gasteiger partial charge on any atom is 0.418 e. The Labute approximate surface area is 193 Å². The van der Waals surface area contributed by atoms with Crippen LogP contribution in [0.2, 0.25) is 0 Å². The number of aromatic nitrogens is 2. The van der Waals surface area contributed by atoms with E-state index < -0.39 is 17.3 Å². The van der Waals surface area contributed by atoms with Gasteiger partial charge in [-0.3, -0.25) is 19.7 Å². The summed E-state index contributed by atoms with van der Waals surface area (Å²) in [5.41, 5.74) is -0.0101. The van der Waals surface area contributed by atoms with E-state index in [0.717, 1.165) is 23.7 Å². The topological polar surface area (TPSA) is 49.3 Å². The molecule has 1 aliphatic heterocycles. The second kappa shape index (κ2) is 7.62. The molecule has 5 nitrogen and oxygen atoms in total. The first-order valence-corrected chi connectivity index (χ1v) is 10.9. The maximum atomic E-state index is 14.0. The van der Waals surface area contributed by atoms with Crippen molar-refractivity contribution in [3.8, 4) is 11.3 Å². The number of hydrogen-bond donors (Lipinski definition) is 0. The number of thiocarbonyl (C=S) groups is 1. The number of hydrogen-bond acceptors (Lipinski definition) is 4. The zero-order valence-electron chi connectivity index (χ0n) is 17.6. The second-order valence-electron chi connectivity index (χ2n) is 8.31. The van der Waals surface area contributed by atoms with Crippen molar-refractivity contribution in [2.24, 2.45) is 0 Å². The fourth-order valence-electron chi connectivity index (χ4n) is 4.43. The van der Waals surface area contributed by atoms with Gasteiger partial charge in [0.15, 0.2) is 5.11 Å². The largest absolute Gasteiger partial charge is 0.418 e. The van der Waals surface area contributed by atoms with E-state index in [1.807, 2.05) is 31.2 Å². The summed E-state index contributed by atoms with van der Waals surface area (Å²) in [4.78, 5) is 24.5. The van der Waals surface area contributed by atoms with Gasteiger partial charge in [0.1, 0.15) is 5.54 Å². The Hall–Kier alpha value is -3.33. The molecule has 1 spiro atoms. The number of benzene rings is 1. The zero-order chi connectivity index (χ0) is 23.4. The van der Waals surface area contributed by atoms with Crippen molar-refractivity contribution in [1.82, 2.24) is 9.97 Å². The van der Waals surface area contributed by atoms with E-state index in [1.165, 1.54) is 29.6 Å². The molecule has 33 heavy (non-hydrogen) atoms. The van der Waals surface area contributed by atoms with Gasteiger partial charge in [0.05, 0.1) is 23.1 Å². The molecular weight excluding hydrogens is 449 g/mol. The second-order valence-corrected chi connectivity index (χ2v) is 8.67. The first-order chi connectivity index (χ1) is 15.7. The highest BCUT2D eigenvalue weighted by atomic mass is 32.1. The third-order valence-electron chi connectivity index (χ3n) is 6.26. The molecule has 3 aromatic rings. The molecule has 2 aliphatic rings. The summed E-state index contributed by atoms with van der Waals surface area (Å²) in [6.07, 6.45) is 1.41. The molecule has 1 saturated heterocycles. The van der Waals surface area contributed by atoms with Crippen LogP contribution in [0.3, 0.4) is 0 Å². The van der Waals surface area contributed by atoms with Gasteiger partial charge in [-0.1, -0.05) is 17.7 Å². The Balaban J connectivity index is 1.61. The van der Waals surface area contributed by atoms with Crippen LogP contribution in [-0.2, 0) is 11.0 Å². The van der Waals surface area contributed by atoms with E-state index in [0.29, 0.717) is 12.8 Å². The van der Waals surface area contributed by atoms with E-state index >= 15 is 0 Å². The third kappa shape index (κ3) is 3.38. The Morgan fingerprint density at radius 3 is 2.36 bits per heavy atom. The van der Waals surface area contributed by atoms with Crippen LogP contribution in [0.4, 0.5) is 24.5 Å². The summed E-state index contributed by atoms with van der Waals surface area (Å²) < 4.78 is 42.0. The van der Waals surface area contributed by atoms with Crippen LogP contribution >= 0.6 is 12.2 Å². The van der Waals surface area contributed by atoms with Crippen LogP contribution in [0.15, 0.2) is 61.1 Å². The Morgan fingerprint density at radius 2 is 1.79 bits per heavy atom. The molecule has 0 unspecified atom stereocenters. The summed E-state index contributed by atoms with van der Waals surface area (Å²) in [5, 5.41) is 0.160. The van der Waals surface area contributed by atoms with Gasteiger partial charge in [-0.05, 0) is 68.7 Å². The van der Waals surface area contributed by atoms with Gasteiger partial charge in [0.25, 0.3) is 5.91 Å². The molecule has 2 aromatic heterocycles. The molecule has 1 aliphatic carbocycles. The zero-order valence-corrected chi connectivity index (χ0v) is 18.5. The quantitative estimate of drug-likeness (QED) is 0.473. The molecule has 3 heterocycles. The SMILES string of the molecule is Cc1ccc(N2C(=S)N(c3cnc(-c4cccnc4)c(C(F)(F)F)c3)C(=O)C23CCC3)cc1. The minimum Gasteiger partial charge on any atom is -0.303 e. The van der Waals surface area contributed by atoms with Gasteiger partial charge in [0.2, 0.25) is 0 Å². The lowest BCUT2D eigenvalue weighted by Crippen LogP contribution is -2.55. The minimum atomic E-state index is -4.68. The number of alkyl halides is 3. The summed E-state index contributed by atoms with van der Waals surface area (Å²) in [6, 6.07) is 11.6. The Morgan fingerprint density at radius 1 is 1.06 bits per heavy atom. The van der Waals surface area contributed by atoms with Crippen molar-refractivity contribution in [3.05, 3.63) is 72.2 Å². The number of carbonyl (C=O) groups excluding carboxylic acids is 1. The van der Waals surface area contributed by atoms with Gasteiger partial charge in [-0.25, -0.2) is 0 Å². The van der Waals surface area contributed by atoms with Crippen molar-refractivity contribution in [1.29, 1.82) is 0 Å². The predicted molar refractivity (Wildman–Crippen MR) is 123 cm³/mol. The molecule has 0 bridgehead atoms. The molecule has 0 atom stereocenters. The van der Waals surface area contributed by atoms with Gasteiger partial charge in [-0.2, -0.15) is 13.2 Å². The number of nitrogens with zero attached hydrogens (tertiary/aromatic N) is 4. The van der Waals surface area contributed by atoms with Crippen molar-refractivity contribution in [3.63, 3.8) is 0 Å². The van der Waals surface area contributed by atoms with Gasteiger partial charge < -0.3 is 4.90 Å². The molecule has 1 aromatic carbocycles. The average Bonchev–Trinajstić information content (AvgIpc) is 3.01. The van der Waals surface area contributed by atoms with Gasteiger partial charge >= 0.3 is 6.18 Å². The lowest BCUT2D eigenvalue weighted by Gasteiger charge is -2.43. The third-order valence-corrected chi connectivity index (χ3v) is 6.62. The average molecular weight is 469 g/mol. The highest BCUT2D eigenvalue weighted by Crippen LogP contribution is 2.48. The molecule has 5 rings (SSSR count). The standard InChI is InChI=1S/C24H19F3N4OS/c1-15-5-7-17(8-6-15)31-22(33)30(21(32)23(31)9-3-10-23)18-12-19(24(25,26)27)20(29-14-18)16-4-2-11-28-13-16/h2,4-8,11-14H,3,9-10H2,1H3. The Kier molecular flexibility index (Phi) is 4.97. The van der Waals surface area contributed by atoms with Gasteiger partial charge in [-0.15, -0.1) is 0 Å². The van der Waals surface area contributed by atoms with E-state index in [4.69, 9.17) is 12.2 Å². The number of amides is 1. The molecule has 1 saturated carbocycles. The molecular formula is C24H19F3N4OS. The van der Waals surface area contributed by atoms with Crippen molar-refractivity contribution in [2.45, 2.75) is 37.9 Å². The van der Waals surface area contributed by atoms with E-state index in [1.54, 1.807) is 11.0 Å². The highest BCUT2D eigenvalue weighted by molar-refractivity contribution is 7.81. The van der Waals surface area contributed by atoms with E-state index in [9.17, 15) is 18.0 Å². The summed E-state index contributed by atoms with van der Waals surface area (Å²) in [6.45, 7) is 1.96. The highest BCUT2D eigenvalue weighted by Gasteiger charge is 2.59. The predicted octanol–water partition coefficient (Wildman–Crippen LogP) is 5.53. The van der Waals surface area contributed by atoms with Crippen LogP contribution in [0.25, 0.3) is 11.3 Å². The summed E-state index contributed by atoms with van der Waals surface area (Å²) in [7, 11) is 0. The number of pyridine rings is 2. The number of aryl methyl sites for hydroxylation is 1. The van der Waals surface area contributed by atoms with Crippen LogP contribution in [0.1, 0.15) is 30.4 Å². The minimum absolute atomic E-state index is 0.00542. The van der Waals surface area contributed by atoms with Crippen LogP contribution in [0.5, 0.6) is 0 Å². The van der Waals surface area contributed by atoms with E-state index in [-0.39, 0.29) is 28.0 Å². The van der Waals surface area contributed by atoms with Crippen molar-refractivity contribution >= 4 is 34.6 Å². The lowest BCUT2D eigenvalue weighted by atomic mass is 9.75. The molecule has 0 radical (unpaired) electrons. The number of carbonyl (C=O) groups is 1. The van der Waals surface area contributed by atoms with Crippen LogP contribution in [0, 0.1) is 6.92 Å². The molecule has 9 heteroatoms. The smallest absolute Gasteiger partial charge is 0.303 e. The molecule has 0 N–H and O–H groups in total. The first-order valence-electron chi connectivity index (χ1n) is 10.5. The van der Waals surface area contributed by atoms with Crippen LogP contribution in [-0.4, -0.2) is 26.5 Å². The van der Waals surface area contributed by atoms with Crippen LogP contribution < -0.4 is 9.80 Å². The monoisotopic (exact) mass is 468 g/mol. The Bertz CT molecular complexity index is 1240. The lowest BCUT2D eigenvalue weighted by molar-refractivity contribution is -0.137. The fraction of sp³-hybridized carbons (Fsp3) is 0.250. The van der Waals surface area contributed by atoms with Crippen molar-refractivity contribution in [2.75, 3.05) is 9.80 Å². The molecule has 168 valence electrons. The summed E-state index contributed by atoms with van der Waals surface area (Å²) >= 11 is 5.66. The first kappa shape index (κ1) is 21.5.